The van der Waals surface area contributed by atoms with Gasteiger partial charge in [0.05, 0.1) is 19.3 Å². The van der Waals surface area contributed by atoms with Crippen LogP contribution in [0.1, 0.15) is 30.6 Å². The highest BCUT2D eigenvalue weighted by Crippen LogP contribution is 2.20. The van der Waals surface area contributed by atoms with Gasteiger partial charge in [-0.05, 0) is 61.9 Å². The van der Waals surface area contributed by atoms with Gasteiger partial charge in [0, 0.05) is 5.69 Å². The number of esters is 1. The Morgan fingerprint density at radius 3 is 2.12 bits per heavy atom. The lowest BCUT2D eigenvalue weighted by Gasteiger charge is -2.17. The number of hydrogen-bond acceptors (Lipinski definition) is 5. The SMILES string of the molecule is CCOC(=O)c1ccc(NC(=O)[C@H](CC)Oc2ccc(OC)cc2)cc1. The van der Waals surface area contributed by atoms with Gasteiger partial charge in [-0.3, -0.25) is 4.79 Å². The zero-order chi connectivity index (χ0) is 18.9. The van der Waals surface area contributed by atoms with Gasteiger partial charge in [0.2, 0.25) is 0 Å². The summed E-state index contributed by atoms with van der Waals surface area (Å²) in [5.41, 5.74) is 1.02. The minimum Gasteiger partial charge on any atom is -0.497 e. The number of nitrogens with one attached hydrogen (secondary N) is 1. The number of anilines is 1. The first-order chi connectivity index (χ1) is 12.6. The number of carbonyl (C=O) groups excluding carboxylic acids is 2. The number of amides is 1. The van der Waals surface area contributed by atoms with E-state index >= 15 is 0 Å². The molecule has 1 amide bonds. The third-order valence-electron chi connectivity index (χ3n) is 3.66. The molecule has 2 aromatic carbocycles. The summed E-state index contributed by atoms with van der Waals surface area (Å²) in [4.78, 5) is 24.1. The summed E-state index contributed by atoms with van der Waals surface area (Å²) in [5.74, 6) is 0.661. The molecule has 0 fully saturated rings. The topological polar surface area (TPSA) is 73.9 Å². The van der Waals surface area contributed by atoms with Crippen LogP contribution >= 0.6 is 0 Å². The van der Waals surface area contributed by atoms with Crippen molar-refractivity contribution in [1.82, 2.24) is 0 Å². The van der Waals surface area contributed by atoms with Crippen LogP contribution in [-0.2, 0) is 9.53 Å². The summed E-state index contributed by atoms with van der Waals surface area (Å²) in [5, 5.41) is 2.79. The van der Waals surface area contributed by atoms with Crippen molar-refractivity contribution in [3.05, 3.63) is 54.1 Å². The van der Waals surface area contributed by atoms with E-state index in [0.29, 0.717) is 30.0 Å². The Morgan fingerprint density at radius 1 is 0.962 bits per heavy atom. The maximum Gasteiger partial charge on any atom is 0.338 e. The van der Waals surface area contributed by atoms with Crippen molar-refractivity contribution in [2.75, 3.05) is 19.0 Å². The van der Waals surface area contributed by atoms with Gasteiger partial charge < -0.3 is 19.5 Å². The van der Waals surface area contributed by atoms with Gasteiger partial charge in [-0.15, -0.1) is 0 Å². The van der Waals surface area contributed by atoms with Crippen LogP contribution < -0.4 is 14.8 Å². The van der Waals surface area contributed by atoms with E-state index in [-0.39, 0.29) is 11.9 Å². The second kappa shape index (κ2) is 9.46. The predicted molar refractivity (Wildman–Crippen MR) is 98.7 cm³/mol. The van der Waals surface area contributed by atoms with E-state index in [1.54, 1.807) is 62.6 Å². The third kappa shape index (κ3) is 5.24. The lowest BCUT2D eigenvalue weighted by Crippen LogP contribution is -2.32. The molecule has 0 unspecified atom stereocenters. The van der Waals surface area contributed by atoms with Crippen LogP contribution in [0.3, 0.4) is 0 Å². The summed E-state index contributed by atoms with van der Waals surface area (Å²) < 4.78 is 15.8. The molecule has 0 radical (unpaired) electrons. The molecule has 26 heavy (non-hydrogen) atoms. The van der Waals surface area contributed by atoms with Crippen molar-refractivity contribution in [2.24, 2.45) is 0 Å². The number of rotatable bonds is 8. The Balaban J connectivity index is 1.98. The fourth-order valence-corrected chi connectivity index (χ4v) is 2.27. The molecule has 2 aromatic rings. The predicted octanol–water partition coefficient (Wildman–Crippen LogP) is 3.67. The van der Waals surface area contributed by atoms with Gasteiger partial charge in [-0.2, -0.15) is 0 Å². The van der Waals surface area contributed by atoms with Crippen molar-refractivity contribution in [3.8, 4) is 11.5 Å². The molecule has 0 aromatic heterocycles. The van der Waals surface area contributed by atoms with Crippen molar-refractivity contribution in [3.63, 3.8) is 0 Å². The quantitative estimate of drug-likeness (QED) is 0.730. The molecule has 0 heterocycles. The average Bonchev–Trinajstić information content (AvgIpc) is 2.67. The Bertz CT molecular complexity index is 725. The molecule has 6 nitrogen and oxygen atoms in total. The monoisotopic (exact) mass is 357 g/mol. The first-order valence-corrected chi connectivity index (χ1v) is 8.46. The summed E-state index contributed by atoms with van der Waals surface area (Å²) in [6, 6.07) is 13.6. The van der Waals surface area contributed by atoms with E-state index in [2.05, 4.69) is 5.32 Å². The van der Waals surface area contributed by atoms with Crippen LogP contribution in [0, 0.1) is 0 Å². The van der Waals surface area contributed by atoms with Gasteiger partial charge in [0.25, 0.3) is 5.91 Å². The fourth-order valence-electron chi connectivity index (χ4n) is 2.27. The molecular formula is C20H23NO5. The molecule has 0 bridgehead atoms. The Morgan fingerprint density at radius 2 is 1.58 bits per heavy atom. The molecule has 0 aliphatic heterocycles. The highest BCUT2D eigenvalue weighted by atomic mass is 16.5. The van der Waals surface area contributed by atoms with Crippen LogP contribution in [0.5, 0.6) is 11.5 Å². The molecule has 6 heteroatoms. The first-order valence-electron chi connectivity index (χ1n) is 8.46. The standard InChI is InChI=1S/C20H23NO5/c1-4-18(26-17-12-10-16(24-3)11-13-17)19(22)21-15-8-6-14(7-9-15)20(23)25-5-2/h6-13,18H,4-5H2,1-3H3,(H,21,22)/t18-/m0/s1. The minimum absolute atomic E-state index is 0.257. The highest BCUT2D eigenvalue weighted by Gasteiger charge is 2.19. The second-order valence-corrected chi connectivity index (χ2v) is 5.48. The van der Waals surface area contributed by atoms with Gasteiger partial charge in [-0.1, -0.05) is 6.92 Å². The van der Waals surface area contributed by atoms with Crippen LogP contribution in [0.25, 0.3) is 0 Å². The van der Waals surface area contributed by atoms with E-state index in [4.69, 9.17) is 14.2 Å². The van der Waals surface area contributed by atoms with Gasteiger partial charge in [0.15, 0.2) is 6.10 Å². The average molecular weight is 357 g/mol. The third-order valence-corrected chi connectivity index (χ3v) is 3.66. The van der Waals surface area contributed by atoms with Crippen LogP contribution in [0.15, 0.2) is 48.5 Å². The lowest BCUT2D eigenvalue weighted by molar-refractivity contribution is -0.122. The molecule has 0 spiro atoms. The molecule has 2 rings (SSSR count). The Kier molecular flexibility index (Phi) is 7.02. The summed E-state index contributed by atoms with van der Waals surface area (Å²) >= 11 is 0. The zero-order valence-electron chi connectivity index (χ0n) is 15.2. The molecule has 0 saturated heterocycles. The molecule has 1 N–H and O–H groups in total. The van der Waals surface area contributed by atoms with Gasteiger partial charge in [0.1, 0.15) is 11.5 Å². The fraction of sp³-hybridized carbons (Fsp3) is 0.300. The van der Waals surface area contributed by atoms with Crippen LogP contribution in [0.2, 0.25) is 0 Å². The normalized spacial score (nSPS) is 11.3. The van der Waals surface area contributed by atoms with Gasteiger partial charge >= 0.3 is 5.97 Å². The summed E-state index contributed by atoms with van der Waals surface area (Å²) in [6.07, 6.45) is -0.119. The molecular weight excluding hydrogens is 334 g/mol. The Hall–Kier alpha value is -3.02. The van der Waals surface area contributed by atoms with Crippen molar-refractivity contribution in [1.29, 1.82) is 0 Å². The molecule has 0 aliphatic rings. The highest BCUT2D eigenvalue weighted by molar-refractivity contribution is 5.95. The Labute approximate surface area is 153 Å². The number of hydrogen-bond donors (Lipinski definition) is 1. The number of methoxy groups -OCH3 is 1. The smallest absolute Gasteiger partial charge is 0.338 e. The van der Waals surface area contributed by atoms with Crippen molar-refractivity contribution in [2.45, 2.75) is 26.4 Å². The molecule has 0 saturated carbocycles. The maximum atomic E-state index is 12.4. The number of ether oxygens (including phenoxy) is 3. The van der Waals surface area contributed by atoms with Crippen molar-refractivity contribution >= 4 is 17.6 Å². The van der Waals surface area contributed by atoms with Crippen molar-refractivity contribution < 1.29 is 23.8 Å². The summed E-state index contributed by atoms with van der Waals surface area (Å²) in [6.45, 7) is 3.94. The van der Waals surface area contributed by atoms with Gasteiger partial charge in [-0.25, -0.2) is 4.79 Å². The molecule has 138 valence electrons. The van der Waals surface area contributed by atoms with E-state index < -0.39 is 6.10 Å². The largest absolute Gasteiger partial charge is 0.497 e. The van der Waals surface area contributed by atoms with E-state index in [0.717, 1.165) is 5.75 Å². The van der Waals surface area contributed by atoms with Crippen LogP contribution in [-0.4, -0.2) is 31.7 Å². The maximum absolute atomic E-state index is 12.4. The summed E-state index contributed by atoms with van der Waals surface area (Å²) in [7, 11) is 1.59. The number of benzene rings is 2. The molecule has 0 aliphatic carbocycles. The minimum atomic E-state index is -0.631. The van der Waals surface area contributed by atoms with E-state index in [1.165, 1.54) is 0 Å². The number of carbonyl (C=O) groups is 2. The second-order valence-electron chi connectivity index (χ2n) is 5.48. The first kappa shape index (κ1) is 19.3. The lowest BCUT2D eigenvalue weighted by atomic mass is 10.2. The zero-order valence-corrected chi connectivity index (χ0v) is 15.2. The van der Waals surface area contributed by atoms with E-state index in [1.807, 2.05) is 6.92 Å². The molecule has 1 atom stereocenters. The van der Waals surface area contributed by atoms with E-state index in [9.17, 15) is 9.59 Å². The van der Waals surface area contributed by atoms with Crippen LogP contribution in [0.4, 0.5) is 5.69 Å².